The molecule has 5 heteroatoms. The molecule has 0 aromatic carbocycles. The van der Waals surface area contributed by atoms with E-state index >= 15 is 0 Å². The fourth-order valence-electron chi connectivity index (χ4n) is 2.61. The molecule has 1 aliphatic heterocycles. The van der Waals surface area contributed by atoms with Crippen LogP contribution in [0.1, 0.15) is 37.6 Å². The minimum atomic E-state index is -1.07. The van der Waals surface area contributed by atoms with Crippen LogP contribution >= 0.6 is 0 Å². The molecule has 1 aromatic heterocycles. The Labute approximate surface area is 107 Å². The maximum Gasteiger partial charge on any atom is 0.330 e. The summed E-state index contributed by atoms with van der Waals surface area (Å²) >= 11 is 0. The molecule has 1 fully saturated rings. The molecular formula is C13H19N3O2. The zero-order valence-electron chi connectivity index (χ0n) is 10.9. The molecule has 0 radical (unpaired) electrons. The highest BCUT2D eigenvalue weighted by molar-refractivity contribution is 5.80. The Balaban J connectivity index is 2.43. The van der Waals surface area contributed by atoms with Crippen molar-refractivity contribution in [1.82, 2.24) is 14.9 Å². The summed E-state index contributed by atoms with van der Waals surface area (Å²) < 4.78 is 0. The van der Waals surface area contributed by atoms with E-state index in [-0.39, 0.29) is 0 Å². The molecule has 1 unspecified atom stereocenters. The first-order valence-electron chi connectivity index (χ1n) is 6.33. The van der Waals surface area contributed by atoms with E-state index in [1.807, 2.05) is 11.8 Å². The minimum Gasteiger partial charge on any atom is -0.480 e. The zero-order valence-corrected chi connectivity index (χ0v) is 10.9. The predicted octanol–water partition coefficient (Wildman–Crippen LogP) is 1.57. The van der Waals surface area contributed by atoms with Crippen molar-refractivity contribution < 1.29 is 9.90 Å². The molecule has 0 saturated carbocycles. The van der Waals surface area contributed by atoms with E-state index in [1.54, 1.807) is 19.3 Å². The number of aryl methyl sites for hydroxylation is 1. The Hall–Kier alpha value is -1.49. The maximum absolute atomic E-state index is 11.8. The highest BCUT2D eigenvalue weighted by atomic mass is 16.4. The number of likely N-dealkylation sites (tertiary alicyclic amines) is 1. The summed E-state index contributed by atoms with van der Waals surface area (Å²) in [5.74, 6) is -0.854. The van der Waals surface area contributed by atoms with Crippen LogP contribution in [0.15, 0.2) is 12.4 Å². The average Bonchev–Trinajstić information content (AvgIpc) is 2.39. The molecule has 0 bridgehead atoms. The van der Waals surface area contributed by atoms with Gasteiger partial charge in [-0.15, -0.1) is 0 Å². The molecule has 0 spiro atoms. The first kappa shape index (κ1) is 13.0. The zero-order chi connectivity index (χ0) is 13.2. The Kier molecular flexibility index (Phi) is 3.61. The lowest BCUT2D eigenvalue weighted by molar-refractivity contribution is -0.152. The van der Waals surface area contributed by atoms with Gasteiger partial charge in [0.15, 0.2) is 5.54 Å². The van der Waals surface area contributed by atoms with Gasteiger partial charge in [-0.2, -0.15) is 0 Å². The number of rotatable bonds is 3. The molecule has 98 valence electrons. The van der Waals surface area contributed by atoms with Crippen LogP contribution in [-0.4, -0.2) is 39.0 Å². The molecule has 1 saturated heterocycles. The normalized spacial score (nSPS) is 20.3. The topological polar surface area (TPSA) is 66.3 Å². The maximum atomic E-state index is 11.8. The molecule has 5 nitrogen and oxygen atoms in total. The number of hydrogen-bond acceptors (Lipinski definition) is 4. The van der Waals surface area contributed by atoms with E-state index in [4.69, 9.17) is 0 Å². The minimum absolute atomic E-state index is 0.555. The monoisotopic (exact) mass is 249 g/mol. The summed E-state index contributed by atoms with van der Waals surface area (Å²) in [6.07, 6.45) is 6.42. The number of carboxylic acids is 1. The van der Waals surface area contributed by atoms with Gasteiger partial charge in [0, 0.05) is 12.4 Å². The van der Waals surface area contributed by atoms with Crippen molar-refractivity contribution in [2.45, 2.75) is 38.6 Å². The van der Waals surface area contributed by atoms with E-state index in [2.05, 4.69) is 9.97 Å². The van der Waals surface area contributed by atoms with Gasteiger partial charge in [-0.1, -0.05) is 6.42 Å². The van der Waals surface area contributed by atoms with Gasteiger partial charge < -0.3 is 5.11 Å². The second-order valence-electron chi connectivity index (χ2n) is 4.92. The lowest BCUT2D eigenvalue weighted by Crippen LogP contribution is -2.52. The number of carboxylic acid groups (broad SMARTS) is 1. The predicted molar refractivity (Wildman–Crippen MR) is 67.2 cm³/mol. The Bertz CT molecular complexity index is 444. The number of hydrogen-bond donors (Lipinski definition) is 1. The van der Waals surface area contributed by atoms with Crippen LogP contribution in [0.5, 0.6) is 0 Å². The molecule has 2 rings (SSSR count). The highest BCUT2D eigenvalue weighted by Gasteiger charge is 2.44. The molecule has 1 aromatic rings. The molecule has 1 aliphatic rings. The van der Waals surface area contributed by atoms with Gasteiger partial charge in [-0.25, -0.2) is 4.79 Å². The second-order valence-corrected chi connectivity index (χ2v) is 4.92. The van der Waals surface area contributed by atoms with Crippen LogP contribution < -0.4 is 0 Å². The van der Waals surface area contributed by atoms with Crippen LogP contribution in [-0.2, 0) is 10.3 Å². The van der Waals surface area contributed by atoms with Crippen LogP contribution in [0.4, 0.5) is 0 Å². The number of nitrogens with zero attached hydrogens (tertiary/aromatic N) is 3. The third kappa shape index (κ3) is 2.10. The largest absolute Gasteiger partial charge is 0.480 e. The van der Waals surface area contributed by atoms with Gasteiger partial charge in [-0.05, 0) is 39.8 Å². The number of aliphatic carboxylic acids is 1. The van der Waals surface area contributed by atoms with Crippen molar-refractivity contribution in [2.24, 2.45) is 0 Å². The van der Waals surface area contributed by atoms with E-state index in [0.29, 0.717) is 11.4 Å². The van der Waals surface area contributed by atoms with Crippen molar-refractivity contribution in [3.63, 3.8) is 0 Å². The highest BCUT2D eigenvalue weighted by Crippen LogP contribution is 2.31. The van der Waals surface area contributed by atoms with Crippen molar-refractivity contribution in [3.8, 4) is 0 Å². The van der Waals surface area contributed by atoms with Crippen LogP contribution in [0.3, 0.4) is 0 Å². The molecular weight excluding hydrogens is 230 g/mol. The van der Waals surface area contributed by atoms with Crippen LogP contribution in [0.25, 0.3) is 0 Å². The number of carbonyl (C=O) groups is 1. The lowest BCUT2D eigenvalue weighted by atomic mass is 9.91. The molecule has 18 heavy (non-hydrogen) atoms. The van der Waals surface area contributed by atoms with Gasteiger partial charge in [0.1, 0.15) is 0 Å². The smallest absolute Gasteiger partial charge is 0.330 e. The number of aromatic nitrogens is 2. The molecule has 1 atom stereocenters. The van der Waals surface area contributed by atoms with Crippen molar-refractivity contribution in [3.05, 3.63) is 23.8 Å². The average molecular weight is 249 g/mol. The van der Waals surface area contributed by atoms with Crippen molar-refractivity contribution in [2.75, 3.05) is 13.1 Å². The first-order valence-corrected chi connectivity index (χ1v) is 6.33. The third-order valence-electron chi connectivity index (χ3n) is 3.75. The Morgan fingerprint density at radius 3 is 2.44 bits per heavy atom. The summed E-state index contributed by atoms with van der Waals surface area (Å²) in [6, 6.07) is 0. The molecule has 2 heterocycles. The van der Waals surface area contributed by atoms with E-state index < -0.39 is 11.5 Å². The second kappa shape index (κ2) is 5.02. The fourth-order valence-corrected chi connectivity index (χ4v) is 2.61. The van der Waals surface area contributed by atoms with E-state index in [9.17, 15) is 9.90 Å². The summed E-state index contributed by atoms with van der Waals surface area (Å²) in [6.45, 7) is 5.16. The molecule has 0 aliphatic carbocycles. The Morgan fingerprint density at radius 1 is 1.28 bits per heavy atom. The summed E-state index contributed by atoms with van der Waals surface area (Å²) in [5, 5.41) is 9.65. The van der Waals surface area contributed by atoms with Crippen molar-refractivity contribution >= 4 is 5.97 Å². The van der Waals surface area contributed by atoms with E-state index in [1.165, 1.54) is 6.42 Å². The van der Waals surface area contributed by atoms with Gasteiger partial charge in [0.25, 0.3) is 0 Å². The summed E-state index contributed by atoms with van der Waals surface area (Å²) in [5.41, 5.74) is 0.172. The van der Waals surface area contributed by atoms with Gasteiger partial charge >= 0.3 is 5.97 Å². The van der Waals surface area contributed by atoms with Crippen LogP contribution in [0.2, 0.25) is 0 Å². The Morgan fingerprint density at radius 2 is 1.89 bits per heavy atom. The van der Waals surface area contributed by atoms with E-state index in [0.717, 1.165) is 25.9 Å². The quantitative estimate of drug-likeness (QED) is 0.880. The van der Waals surface area contributed by atoms with Gasteiger partial charge in [-0.3, -0.25) is 14.9 Å². The standard InChI is InChI=1S/C13H19N3O2/c1-10-11(15-7-6-14-10)13(2,12(17)18)16-8-4-3-5-9-16/h6-7H,3-5,8-9H2,1-2H3,(H,17,18). The number of piperidine rings is 1. The fraction of sp³-hybridized carbons (Fsp3) is 0.615. The summed E-state index contributed by atoms with van der Waals surface area (Å²) in [7, 11) is 0. The lowest BCUT2D eigenvalue weighted by Gasteiger charge is -2.40. The SMILES string of the molecule is Cc1nccnc1C(C)(C(=O)O)N1CCCCC1. The third-order valence-corrected chi connectivity index (χ3v) is 3.75. The van der Waals surface area contributed by atoms with Gasteiger partial charge in [0.05, 0.1) is 11.4 Å². The molecule has 0 amide bonds. The van der Waals surface area contributed by atoms with Gasteiger partial charge in [0.2, 0.25) is 0 Å². The van der Waals surface area contributed by atoms with Crippen molar-refractivity contribution in [1.29, 1.82) is 0 Å². The van der Waals surface area contributed by atoms with Crippen LogP contribution in [0, 0.1) is 6.92 Å². The molecule has 1 N–H and O–H groups in total. The first-order chi connectivity index (χ1) is 8.56. The summed E-state index contributed by atoms with van der Waals surface area (Å²) in [4.78, 5) is 22.2.